The van der Waals surface area contributed by atoms with Crippen LogP contribution in [0, 0.1) is 20.8 Å². The largest absolute Gasteiger partial charge is 0.339 e. The molecule has 0 aliphatic rings. The normalized spacial score (nSPS) is 11.7. The molecule has 2 nitrogen and oxygen atoms in total. The molecule has 3 aromatic carbocycles. The highest BCUT2D eigenvalue weighted by atomic mass is 14.9. The SMILES string of the molecule is Cc1ccc(-c2c3cc(C)ccc3nc3[nH]c4ccc(C)cc4c23)cc1. The minimum absolute atomic E-state index is 0.956. The van der Waals surface area contributed by atoms with Crippen molar-refractivity contribution in [2.75, 3.05) is 0 Å². The smallest absolute Gasteiger partial charge is 0.139 e. The molecule has 0 aliphatic heterocycles. The Morgan fingerprint density at radius 2 is 1.35 bits per heavy atom. The maximum absolute atomic E-state index is 4.93. The molecule has 0 aliphatic carbocycles. The zero-order valence-corrected chi connectivity index (χ0v) is 15.2. The number of hydrogen-bond donors (Lipinski definition) is 1. The number of H-pyrrole nitrogens is 1. The molecular formula is C24H20N2. The lowest BCUT2D eigenvalue weighted by atomic mass is 9.95. The van der Waals surface area contributed by atoms with Crippen molar-refractivity contribution in [2.45, 2.75) is 20.8 Å². The van der Waals surface area contributed by atoms with Crippen molar-refractivity contribution in [3.05, 3.63) is 77.4 Å². The molecule has 0 amide bonds. The topological polar surface area (TPSA) is 28.7 Å². The van der Waals surface area contributed by atoms with E-state index in [-0.39, 0.29) is 0 Å². The molecule has 0 saturated heterocycles. The maximum atomic E-state index is 4.93. The summed E-state index contributed by atoms with van der Waals surface area (Å²) < 4.78 is 0. The van der Waals surface area contributed by atoms with Crippen LogP contribution in [0.3, 0.4) is 0 Å². The minimum atomic E-state index is 0.956. The number of aryl methyl sites for hydroxylation is 3. The molecule has 5 aromatic rings. The molecule has 2 aromatic heterocycles. The van der Waals surface area contributed by atoms with E-state index in [1.165, 1.54) is 44.0 Å². The number of benzene rings is 3. The first-order valence-electron chi connectivity index (χ1n) is 8.99. The van der Waals surface area contributed by atoms with Gasteiger partial charge in [0.15, 0.2) is 0 Å². The molecule has 0 spiro atoms. The summed E-state index contributed by atoms with van der Waals surface area (Å²) in [4.78, 5) is 8.46. The van der Waals surface area contributed by atoms with Crippen molar-refractivity contribution in [3.8, 4) is 11.1 Å². The molecule has 1 N–H and O–H groups in total. The van der Waals surface area contributed by atoms with E-state index in [1.807, 2.05) is 0 Å². The number of aromatic nitrogens is 2. The lowest BCUT2D eigenvalue weighted by molar-refractivity contribution is 1.39. The summed E-state index contributed by atoms with van der Waals surface area (Å²) in [6.45, 7) is 6.41. The van der Waals surface area contributed by atoms with Crippen molar-refractivity contribution >= 4 is 32.8 Å². The van der Waals surface area contributed by atoms with E-state index in [2.05, 4.69) is 86.4 Å². The molecule has 0 bridgehead atoms. The molecule has 0 atom stereocenters. The number of rotatable bonds is 1. The number of nitrogens with one attached hydrogen (secondary N) is 1. The predicted molar refractivity (Wildman–Crippen MR) is 111 cm³/mol. The number of pyridine rings is 1. The van der Waals surface area contributed by atoms with Crippen LogP contribution >= 0.6 is 0 Å². The van der Waals surface area contributed by atoms with Gasteiger partial charge in [-0.2, -0.15) is 0 Å². The van der Waals surface area contributed by atoms with Crippen molar-refractivity contribution in [2.24, 2.45) is 0 Å². The zero-order valence-electron chi connectivity index (χ0n) is 15.2. The standard InChI is InChI=1S/C24H20N2/c1-14-4-8-17(9-5-14)22-18-12-15(2)6-10-20(18)25-24-23(22)19-13-16(3)7-11-21(19)26-24/h4-13H,1-3H3,(H,25,26). The second-order valence-electron chi connectivity index (χ2n) is 7.27. The second-order valence-corrected chi connectivity index (χ2v) is 7.27. The quantitative estimate of drug-likeness (QED) is 0.374. The van der Waals surface area contributed by atoms with Gasteiger partial charge in [-0.1, -0.05) is 53.1 Å². The highest BCUT2D eigenvalue weighted by molar-refractivity contribution is 6.19. The van der Waals surface area contributed by atoms with Gasteiger partial charge < -0.3 is 4.98 Å². The van der Waals surface area contributed by atoms with E-state index in [4.69, 9.17) is 4.98 Å². The highest BCUT2D eigenvalue weighted by Gasteiger charge is 2.16. The Hall–Kier alpha value is -3.13. The van der Waals surface area contributed by atoms with Gasteiger partial charge in [-0.25, -0.2) is 4.98 Å². The molecule has 26 heavy (non-hydrogen) atoms. The van der Waals surface area contributed by atoms with E-state index in [9.17, 15) is 0 Å². The minimum Gasteiger partial charge on any atom is -0.339 e. The summed E-state index contributed by atoms with van der Waals surface area (Å²) in [5.41, 5.74) is 9.42. The van der Waals surface area contributed by atoms with Crippen LogP contribution in [0.15, 0.2) is 60.7 Å². The third-order valence-electron chi connectivity index (χ3n) is 5.18. The summed E-state index contributed by atoms with van der Waals surface area (Å²) in [7, 11) is 0. The molecule has 5 rings (SSSR count). The Balaban J connectivity index is 2.04. The Morgan fingerprint density at radius 3 is 2.12 bits per heavy atom. The van der Waals surface area contributed by atoms with Crippen LogP contribution in [-0.2, 0) is 0 Å². The molecular weight excluding hydrogens is 316 g/mol. The number of fused-ring (bicyclic) bond motifs is 4. The van der Waals surface area contributed by atoms with Crippen LogP contribution in [0.1, 0.15) is 16.7 Å². The van der Waals surface area contributed by atoms with Crippen LogP contribution in [0.2, 0.25) is 0 Å². The lowest BCUT2D eigenvalue weighted by Crippen LogP contribution is -1.89. The molecule has 126 valence electrons. The van der Waals surface area contributed by atoms with Gasteiger partial charge in [0.1, 0.15) is 5.65 Å². The summed E-state index contributed by atoms with van der Waals surface area (Å²) in [5, 5.41) is 3.67. The Labute approximate surface area is 152 Å². The lowest BCUT2D eigenvalue weighted by Gasteiger charge is -2.11. The van der Waals surface area contributed by atoms with E-state index in [1.54, 1.807) is 0 Å². The summed E-state index contributed by atoms with van der Waals surface area (Å²) in [6, 6.07) is 21.9. The average Bonchev–Trinajstić information content (AvgIpc) is 2.98. The second kappa shape index (κ2) is 5.43. The van der Waals surface area contributed by atoms with Crippen molar-refractivity contribution in [1.82, 2.24) is 9.97 Å². The molecule has 0 unspecified atom stereocenters. The average molecular weight is 336 g/mol. The van der Waals surface area contributed by atoms with Gasteiger partial charge in [0.2, 0.25) is 0 Å². The molecule has 0 radical (unpaired) electrons. The maximum Gasteiger partial charge on any atom is 0.139 e. The Kier molecular flexibility index (Phi) is 3.17. The van der Waals surface area contributed by atoms with Gasteiger partial charge in [-0.05, 0) is 50.6 Å². The summed E-state index contributed by atoms with van der Waals surface area (Å²) >= 11 is 0. The van der Waals surface area contributed by atoms with Gasteiger partial charge >= 0.3 is 0 Å². The Morgan fingerprint density at radius 1 is 0.692 bits per heavy atom. The van der Waals surface area contributed by atoms with E-state index < -0.39 is 0 Å². The van der Waals surface area contributed by atoms with Crippen LogP contribution in [0.5, 0.6) is 0 Å². The fraction of sp³-hybridized carbons (Fsp3) is 0.125. The van der Waals surface area contributed by atoms with Gasteiger partial charge in [-0.3, -0.25) is 0 Å². The van der Waals surface area contributed by atoms with Crippen LogP contribution in [0.4, 0.5) is 0 Å². The van der Waals surface area contributed by atoms with E-state index in [0.717, 1.165) is 16.7 Å². The zero-order chi connectivity index (χ0) is 17.8. The summed E-state index contributed by atoms with van der Waals surface area (Å²) in [5.74, 6) is 0. The number of hydrogen-bond acceptors (Lipinski definition) is 1. The molecule has 0 saturated carbocycles. The third kappa shape index (κ3) is 2.22. The van der Waals surface area contributed by atoms with Crippen molar-refractivity contribution < 1.29 is 0 Å². The first-order chi connectivity index (χ1) is 12.6. The van der Waals surface area contributed by atoms with Crippen molar-refractivity contribution in [3.63, 3.8) is 0 Å². The fourth-order valence-electron chi connectivity index (χ4n) is 3.85. The van der Waals surface area contributed by atoms with Crippen molar-refractivity contribution in [1.29, 1.82) is 0 Å². The van der Waals surface area contributed by atoms with Gasteiger partial charge in [0.25, 0.3) is 0 Å². The predicted octanol–water partition coefficient (Wildman–Crippen LogP) is 6.46. The Bertz CT molecular complexity index is 1290. The number of nitrogens with zero attached hydrogens (tertiary/aromatic N) is 1. The third-order valence-corrected chi connectivity index (χ3v) is 5.18. The highest BCUT2D eigenvalue weighted by Crippen LogP contribution is 2.39. The van der Waals surface area contributed by atoms with Crippen LogP contribution in [-0.4, -0.2) is 9.97 Å². The molecule has 2 heterocycles. The van der Waals surface area contributed by atoms with E-state index in [0.29, 0.717) is 0 Å². The van der Waals surface area contributed by atoms with Gasteiger partial charge in [-0.15, -0.1) is 0 Å². The number of aromatic amines is 1. The summed E-state index contributed by atoms with van der Waals surface area (Å²) in [6.07, 6.45) is 0. The van der Waals surface area contributed by atoms with Gasteiger partial charge in [0, 0.05) is 27.2 Å². The first kappa shape index (κ1) is 15.2. The molecule has 2 heteroatoms. The molecule has 0 fully saturated rings. The monoisotopic (exact) mass is 336 g/mol. The van der Waals surface area contributed by atoms with Crippen LogP contribution < -0.4 is 0 Å². The first-order valence-corrected chi connectivity index (χ1v) is 8.99. The van der Waals surface area contributed by atoms with Crippen LogP contribution in [0.25, 0.3) is 44.0 Å². The van der Waals surface area contributed by atoms with Gasteiger partial charge in [0.05, 0.1) is 5.52 Å². The van der Waals surface area contributed by atoms with E-state index >= 15 is 0 Å². The fourth-order valence-corrected chi connectivity index (χ4v) is 3.85.